The summed E-state index contributed by atoms with van der Waals surface area (Å²) in [6.07, 6.45) is 4.42. The van der Waals surface area contributed by atoms with E-state index >= 15 is 0 Å². The van der Waals surface area contributed by atoms with Crippen LogP contribution in [0, 0.1) is 5.82 Å². The number of aryl methyl sites for hydroxylation is 1. The molecule has 4 aromatic rings. The molecule has 1 aliphatic rings. The summed E-state index contributed by atoms with van der Waals surface area (Å²) in [5, 5.41) is 14.2. The first kappa shape index (κ1) is 16.7. The van der Waals surface area contributed by atoms with Gasteiger partial charge in [-0.25, -0.2) is 18.9 Å². The topological polar surface area (TPSA) is 89.3 Å². The van der Waals surface area contributed by atoms with Crippen LogP contribution in [0.15, 0.2) is 48.8 Å². The number of halogens is 1. The van der Waals surface area contributed by atoms with Crippen LogP contribution in [-0.4, -0.2) is 24.7 Å². The normalized spacial score (nSPS) is 16.2. The van der Waals surface area contributed by atoms with E-state index in [9.17, 15) is 9.50 Å². The van der Waals surface area contributed by atoms with Crippen LogP contribution in [0.2, 0.25) is 0 Å². The van der Waals surface area contributed by atoms with Gasteiger partial charge in [0, 0.05) is 17.5 Å². The molecule has 0 bridgehead atoms. The minimum absolute atomic E-state index is 0.0580. The number of rotatable bonds is 2. The Kier molecular flexibility index (Phi) is 3.75. The Labute approximate surface area is 160 Å². The van der Waals surface area contributed by atoms with E-state index in [1.165, 1.54) is 29.6 Å². The minimum atomic E-state index is -0.545. The maximum Gasteiger partial charge on any atom is 0.153 e. The molecule has 0 fully saturated rings. The monoisotopic (exact) mass is 375 g/mol. The standard InChI is InChI=1S/C21H18FN5O/c22-14-8-13(9-15(28)10-14)18-19-20(23)24-11-25-27(19)21(26-18)17-7-3-5-12-4-1-2-6-16(12)17/h1-2,4,6,8-11,17,28H,3,5,7H2,(H2,23,24,25). The maximum atomic E-state index is 13.9. The smallest absolute Gasteiger partial charge is 0.153 e. The zero-order chi connectivity index (χ0) is 19.3. The highest BCUT2D eigenvalue weighted by Gasteiger charge is 2.28. The van der Waals surface area contributed by atoms with Gasteiger partial charge in [0.05, 0.1) is 0 Å². The molecule has 0 saturated heterocycles. The SMILES string of the molecule is Nc1ncnn2c(C3CCCc4ccccc43)nc(-c3cc(O)cc(F)c3)c12. The molecule has 7 heteroatoms. The largest absolute Gasteiger partial charge is 0.508 e. The lowest BCUT2D eigenvalue weighted by Crippen LogP contribution is -2.14. The third-order valence-corrected chi connectivity index (χ3v) is 5.32. The van der Waals surface area contributed by atoms with E-state index < -0.39 is 5.82 Å². The van der Waals surface area contributed by atoms with E-state index in [1.54, 1.807) is 4.52 Å². The molecule has 0 aliphatic heterocycles. The summed E-state index contributed by atoms with van der Waals surface area (Å²) in [5.41, 5.74) is 10.1. The number of phenols is 1. The average molecular weight is 375 g/mol. The van der Waals surface area contributed by atoms with Gasteiger partial charge >= 0.3 is 0 Å². The second-order valence-electron chi connectivity index (χ2n) is 7.07. The summed E-state index contributed by atoms with van der Waals surface area (Å²) in [7, 11) is 0. The summed E-state index contributed by atoms with van der Waals surface area (Å²) >= 11 is 0. The summed E-state index contributed by atoms with van der Waals surface area (Å²) in [4.78, 5) is 8.92. The van der Waals surface area contributed by atoms with Gasteiger partial charge in [0.25, 0.3) is 0 Å². The van der Waals surface area contributed by atoms with Crippen molar-refractivity contribution in [2.45, 2.75) is 25.2 Å². The van der Waals surface area contributed by atoms with Crippen LogP contribution in [-0.2, 0) is 6.42 Å². The summed E-state index contributed by atoms with van der Waals surface area (Å²) in [6.45, 7) is 0. The molecule has 3 N–H and O–H groups in total. The van der Waals surface area contributed by atoms with E-state index in [0.717, 1.165) is 31.2 Å². The maximum absolute atomic E-state index is 13.9. The molecule has 0 radical (unpaired) electrons. The number of fused-ring (bicyclic) bond motifs is 2. The molecule has 2 aromatic carbocycles. The number of aromatic hydroxyl groups is 1. The molecule has 0 amide bonds. The van der Waals surface area contributed by atoms with Crippen molar-refractivity contribution in [1.29, 1.82) is 0 Å². The number of nitrogen functional groups attached to an aromatic ring is 1. The van der Waals surface area contributed by atoms with Gasteiger partial charge in [0.1, 0.15) is 34.9 Å². The van der Waals surface area contributed by atoms with Crippen molar-refractivity contribution in [3.05, 3.63) is 71.6 Å². The van der Waals surface area contributed by atoms with Crippen LogP contribution in [0.4, 0.5) is 10.2 Å². The molecular formula is C21H18FN5O. The van der Waals surface area contributed by atoms with Crippen molar-refractivity contribution in [2.75, 3.05) is 5.73 Å². The molecule has 5 rings (SSSR count). The molecule has 6 nitrogen and oxygen atoms in total. The molecule has 0 spiro atoms. The summed E-state index contributed by atoms with van der Waals surface area (Å²) < 4.78 is 15.6. The number of benzene rings is 2. The average Bonchev–Trinajstić information content (AvgIpc) is 3.08. The van der Waals surface area contributed by atoms with Crippen molar-refractivity contribution < 1.29 is 9.50 Å². The first-order chi connectivity index (χ1) is 13.6. The van der Waals surface area contributed by atoms with E-state index in [-0.39, 0.29) is 17.5 Å². The second-order valence-corrected chi connectivity index (χ2v) is 7.07. The van der Waals surface area contributed by atoms with E-state index in [0.29, 0.717) is 16.8 Å². The van der Waals surface area contributed by atoms with Gasteiger partial charge in [-0.05, 0) is 42.5 Å². The number of phenolic OH excluding ortho intramolecular Hbond substituents is 1. The van der Waals surface area contributed by atoms with Crippen molar-refractivity contribution in [2.24, 2.45) is 0 Å². The minimum Gasteiger partial charge on any atom is -0.508 e. The zero-order valence-corrected chi connectivity index (χ0v) is 15.0. The molecule has 0 saturated carbocycles. The highest BCUT2D eigenvalue weighted by Crippen LogP contribution is 2.39. The molecule has 2 aromatic heterocycles. The Morgan fingerprint density at radius 2 is 2.04 bits per heavy atom. The molecular weight excluding hydrogens is 357 g/mol. The van der Waals surface area contributed by atoms with Gasteiger partial charge in [0.2, 0.25) is 0 Å². The number of nitrogens with zero attached hydrogens (tertiary/aromatic N) is 4. The number of aromatic nitrogens is 4. The Bertz CT molecular complexity index is 1180. The quantitative estimate of drug-likeness (QED) is 0.558. The van der Waals surface area contributed by atoms with Gasteiger partial charge < -0.3 is 10.8 Å². The number of imidazole rings is 1. The van der Waals surface area contributed by atoms with Gasteiger partial charge in [-0.15, -0.1) is 0 Å². The molecule has 1 unspecified atom stereocenters. The second kappa shape index (κ2) is 6.30. The van der Waals surface area contributed by atoms with Gasteiger partial charge in [-0.3, -0.25) is 0 Å². The molecule has 140 valence electrons. The molecule has 28 heavy (non-hydrogen) atoms. The number of anilines is 1. The first-order valence-corrected chi connectivity index (χ1v) is 9.18. The lowest BCUT2D eigenvalue weighted by molar-refractivity contribution is 0.469. The van der Waals surface area contributed by atoms with E-state index in [4.69, 9.17) is 10.7 Å². The number of hydrogen-bond donors (Lipinski definition) is 2. The fraction of sp³-hybridized carbons (Fsp3) is 0.190. The fourth-order valence-corrected chi connectivity index (χ4v) is 4.14. The summed E-state index contributed by atoms with van der Waals surface area (Å²) in [5.74, 6) is 0.349. The Morgan fingerprint density at radius 1 is 1.18 bits per heavy atom. The van der Waals surface area contributed by atoms with E-state index in [1.807, 2.05) is 12.1 Å². The number of nitrogens with two attached hydrogens (primary N) is 1. The van der Waals surface area contributed by atoms with Crippen molar-refractivity contribution >= 4 is 11.3 Å². The van der Waals surface area contributed by atoms with Crippen LogP contribution in [0.25, 0.3) is 16.8 Å². The van der Waals surface area contributed by atoms with Gasteiger partial charge in [0.15, 0.2) is 5.82 Å². The molecule has 1 atom stereocenters. The zero-order valence-electron chi connectivity index (χ0n) is 15.0. The van der Waals surface area contributed by atoms with E-state index in [2.05, 4.69) is 22.2 Å². The highest BCUT2D eigenvalue weighted by atomic mass is 19.1. The molecule has 1 aliphatic carbocycles. The third kappa shape index (κ3) is 2.58. The summed E-state index contributed by atoms with van der Waals surface area (Å²) in [6, 6.07) is 12.2. The van der Waals surface area contributed by atoms with Crippen molar-refractivity contribution in [3.63, 3.8) is 0 Å². The first-order valence-electron chi connectivity index (χ1n) is 9.18. The Balaban J connectivity index is 1.77. The van der Waals surface area contributed by atoms with Gasteiger partial charge in [-0.1, -0.05) is 24.3 Å². The highest BCUT2D eigenvalue weighted by molar-refractivity contribution is 5.85. The van der Waals surface area contributed by atoms with Crippen molar-refractivity contribution in [1.82, 2.24) is 19.6 Å². The van der Waals surface area contributed by atoms with Crippen LogP contribution in [0.3, 0.4) is 0 Å². The van der Waals surface area contributed by atoms with Crippen LogP contribution >= 0.6 is 0 Å². The Morgan fingerprint density at radius 3 is 2.89 bits per heavy atom. The lowest BCUT2D eigenvalue weighted by Gasteiger charge is -2.24. The third-order valence-electron chi connectivity index (χ3n) is 5.32. The van der Waals surface area contributed by atoms with Gasteiger partial charge in [-0.2, -0.15) is 5.10 Å². The number of hydrogen-bond acceptors (Lipinski definition) is 5. The van der Waals surface area contributed by atoms with Crippen molar-refractivity contribution in [3.8, 4) is 17.0 Å². The fourth-order valence-electron chi connectivity index (χ4n) is 4.14. The lowest BCUT2D eigenvalue weighted by atomic mass is 9.82. The molecule has 2 heterocycles. The Hall–Kier alpha value is -3.48. The van der Waals surface area contributed by atoms with Crippen LogP contribution in [0.5, 0.6) is 5.75 Å². The van der Waals surface area contributed by atoms with Crippen LogP contribution in [0.1, 0.15) is 35.7 Å². The predicted molar refractivity (Wildman–Crippen MR) is 103 cm³/mol. The predicted octanol–water partition coefficient (Wildman–Crippen LogP) is 3.69. The van der Waals surface area contributed by atoms with Crippen LogP contribution < -0.4 is 5.73 Å².